The van der Waals surface area contributed by atoms with Gasteiger partial charge in [0.25, 0.3) is 0 Å². The lowest BCUT2D eigenvalue weighted by Crippen LogP contribution is -2.34. The minimum absolute atomic E-state index is 0.0593. The first-order valence-electron chi connectivity index (χ1n) is 8.42. The Morgan fingerprint density at radius 2 is 1.96 bits per heavy atom. The number of hydrogen-bond donors (Lipinski definition) is 0. The van der Waals surface area contributed by atoms with Crippen LogP contribution in [0, 0.1) is 5.82 Å². The van der Waals surface area contributed by atoms with Crippen LogP contribution >= 0.6 is 0 Å². The van der Waals surface area contributed by atoms with Crippen LogP contribution in [-0.2, 0) is 13.0 Å². The summed E-state index contributed by atoms with van der Waals surface area (Å²) < 4.78 is 14.5. The minimum atomic E-state index is -0.0593. The van der Waals surface area contributed by atoms with E-state index in [-0.39, 0.29) is 5.82 Å². The van der Waals surface area contributed by atoms with Gasteiger partial charge in [-0.15, -0.1) is 6.58 Å². The Morgan fingerprint density at radius 3 is 2.70 bits per heavy atom. The second-order valence-corrected chi connectivity index (χ2v) is 6.41. The first-order chi connectivity index (χ1) is 11.3. The van der Waals surface area contributed by atoms with Gasteiger partial charge < -0.3 is 0 Å². The SMILES string of the molecule is C=CCc1ccc(C2CCCN(Cc3ccccc3)C2)c(F)c1. The molecule has 120 valence electrons. The van der Waals surface area contributed by atoms with Crippen molar-refractivity contribution < 1.29 is 4.39 Å². The molecule has 0 amide bonds. The molecule has 3 rings (SSSR count). The van der Waals surface area contributed by atoms with E-state index in [1.807, 2.05) is 24.3 Å². The zero-order valence-corrected chi connectivity index (χ0v) is 13.5. The number of rotatable bonds is 5. The van der Waals surface area contributed by atoms with Crippen LogP contribution in [0.25, 0.3) is 0 Å². The van der Waals surface area contributed by atoms with E-state index < -0.39 is 0 Å². The molecule has 0 aromatic heterocycles. The minimum Gasteiger partial charge on any atom is -0.298 e. The summed E-state index contributed by atoms with van der Waals surface area (Å²) in [6, 6.07) is 16.2. The van der Waals surface area contributed by atoms with Crippen molar-refractivity contribution in [3.05, 3.63) is 83.7 Å². The molecule has 1 atom stereocenters. The zero-order chi connectivity index (χ0) is 16.1. The van der Waals surface area contributed by atoms with Crippen LogP contribution in [0.4, 0.5) is 4.39 Å². The summed E-state index contributed by atoms with van der Waals surface area (Å²) in [5.41, 5.74) is 3.20. The van der Waals surface area contributed by atoms with E-state index in [4.69, 9.17) is 0 Å². The Bertz CT molecular complexity index is 650. The molecule has 1 unspecified atom stereocenters. The average Bonchev–Trinajstić information content (AvgIpc) is 2.56. The van der Waals surface area contributed by atoms with Gasteiger partial charge in [-0.1, -0.05) is 48.5 Å². The van der Waals surface area contributed by atoms with Crippen molar-refractivity contribution in [3.8, 4) is 0 Å². The van der Waals surface area contributed by atoms with Crippen LogP contribution in [0.1, 0.15) is 35.4 Å². The van der Waals surface area contributed by atoms with Crippen molar-refractivity contribution in [1.82, 2.24) is 4.90 Å². The van der Waals surface area contributed by atoms with Crippen molar-refractivity contribution in [2.75, 3.05) is 13.1 Å². The van der Waals surface area contributed by atoms with Crippen molar-refractivity contribution in [3.63, 3.8) is 0 Å². The molecular formula is C21H24FN. The van der Waals surface area contributed by atoms with Crippen molar-refractivity contribution in [2.24, 2.45) is 0 Å². The summed E-state index contributed by atoms with van der Waals surface area (Å²) in [4.78, 5) is 2.45. The number of allylic oxidation sites excluding steroid dienone is 1. The van der Waals surface area contributed by atoms with Crippen molar-refractivity contribution in [2.45, 2.75) is 31.7 Å². The number of benzene rings is 2. The predicted molar refractivity (Wildman–Crippen MR) is 94.0 cm³/mol. The lowest BCUT2D eigenvalue weighted by Gasteiger charge is -2.33. The third-order valence-electron chi connectivity index (χ3n) is 4.64. The number of piperidine rings is 1. The third-order valence-corrected chi connectivity index (χ3v) is 4.64. The van der Waals surface area contributed by atoms with Gasteiger partial charge in [0.05, 0.1) is 0 Å². The number of likely N-dealkylation sites (tertiary alicyclic amines) is 1. The molecule has 0 bridgehead atoms. The molecule has 23 heavy (non-hydrogen) atoms. The highest BCUT2D eigenvalue weighted by Crippen LogP contribution is 2.30. The van der Waals surface area contributed by atoms with Crippen LogP contribution in [0.15, 0.2) is 61.2 Å². The molecule has 0 aliphatic carbocycles. The fraction of sp³-hybridized carbons (Fsp3) is 0.333. The van der Waals surface area contributed by atoms with Crippen molar-refractivity contribution in [1.29, 1.82) is 0 Å². The van der Waals surface area contributed by atoms with Gasteiger partial charge in [-0.3, -0.25) is 4.90 Å². The van der Waals surface area contributed by atoms with E-state index in [0.29, 0.717) is 5.92 Å². The fourth-order valence-corrected chi connectivity index (χ4v) is 3.49. The number of halogens is 1. The summed E-state index contributed by atoms with van der Waals surface area (Å²) in [6.07, 6.45) is 4.74. The Labute approximate surface area is 138 Å². The molecule has 1 fully saturated rings. The molecule has 2 aromatic rings. The molecule has 0 spiro atoms. The van der Waals surface area contributed by atoms with Gasteiger partial charge in [-0.2, -0.15) is 0 Å². The van der Waals surface area contributed by atoms with Crippen LogP contribution in [0.2, 0.25) is 0 Å². The van der Waals surface area contributed by atoms with E-state index in [1.165, 1.54) is 5.56 Å². The molecule has 1 aliphatic heterocycles. The standard InChI is InChI=1S/C21H24FN/c1-2-7-17-11-12-20(21(22)14-17)19-10-6-13-23(16-19)15-18-8-4-3-5-9-18/h2-5,8-9,11-12,14,19H,1,6-7,10,13,15-16H2. The summed E-state index contributed by atoms with van der Waals surface area (Å²) in [5.74, 6) is 0.237. The maximum Gasteiger partial charge on any atom is 0.127 e. The highest BCUT2D eigenvalue weighted by molar-refractivity contribution is 5.29. The molecule has 2 aromatic carbocycles. The zero-order valence-electron chi connectivity index (χ0n) is 13.5. The smallest absolute Gasteiger partial charge is 0.127 e. The lowest BCUT2D eigenvalue weighted by atomic mass is 9.89. The van der Waals surface area contributed by atoms with Crippen LogP contribution in [-0.4, -0.2) is 18.0 Å². The highest BCUT2D eigenvalue weighted by atomic mass is 19.1. The number of hydrogen-bond acceptors (Lipinski definition) is 1. The van der Waals surface area contributed by atoms with E-state index in [0.717, 1.165) is 50.0 Å². The maximum atomic E-state index is 14.5. The molecule has 0 saturated carbocycles. The van der Waals surface area contributed by atoms with Gasteiger partial charge in [0.15, 0.2) is 0 Å². The van der Waals surface area contributed by atoms with Gasteiger partial charge in [0.2, 0.25) is 0 Å². The molecule has 1 nitrogen and oxygen atoms in total. The Hall–Kier alpha value is -1.93. The summed E-state index contributed by atoms with van der Waals surface area (Å²) in [5, 5.41) is 0. The summed E-state index contributed by atoms with van der Waals surface area (Å²) in [7, 11) is 0. The van der Waals surface area contributed by atoms with Gasteiger partial charge in [0.1, 0.15) is 5.82 Å². The molecule has 1 saturated heterocycles. The second kappa shape index (κ2) is 7.56. The monoisotopic (exact) mass is 309 g/mol. The fourth-order valence-electron chi connectivity index (χ4n) is 3.49. The van der Waals surface area contributed by atoms with Crippen LogP contribution < -0.4 is 0 Å². The summed E-state index contributed by atoms with van der Waals surface area (Å²) >= 11 is 0. The molecule has 2 heteroatoms. The molecular weight excluding hydrogens is 285 g/mol. The second-order valence-electron chi connectivity index (χ2n) is 6.41. The Morgan fingerprint density at radius 1 is 1.13 bits per heavy atom. The van der Waals surface area contributed by atoms with Gasteiger partial charge in [0, 0.05) is 13.1 Å². The predicted octanol–water partition coefficient (Wildman–Crippen LogP) is 4.93. The maximum absolute atomic E-state index is 14.5. The van der Waals surface area contributed by atoms with Gasteiger partial charge in [-0.25, -0.2) is 4.39 Å². The average molecular weight is 309 g/mol. The van der Waals surface area contributed by atoms with E-state index in [1.54, 1.807) is 6.07 Å². The normalized spacial score (nSPS) is 18.7. The first kappa shape index (κ1) is 15.9. The Balaban J connectivity index is 1.69. The molecule has 0 N–H and O–H groups in total. The molecule has 1 aliphatic rings. The highest BCUT2D eigenvalue weighted by Gasteiger charge is 2.23. The molecule has 1 heterocycles. The van der Waals surface area contributed by atoms with E-state index >= 15 is 0 Å². The van der Waals surface area contributed by atoms with Gasteiger partial charge in [-0.05, 0) is 54.5 Å². The first-order valence-corrected chi connectivity index (χ1v) is 8.42. The van der Waals surface area contributed by atoms with Crippen LogP contribution in [0.5, 0.6) is 0 Å². The topological polar surface area (TPSA) is 3.24 Å². The molecule has 0 radical (unpaired) electrons. The Kier molecular flexibility index (Phi) is 5.24. The largest absolute Gasteiger partial charge is 0.298 e. The quantitative estimate of drug-likeness (QED) is 0.708. The van der Waals surface area contributed by atoms with Gasteiger partial charge >= 0.3 is 0 Å². The van der Waals surface area contributed by atoms with E-state index in [2.05, 4.69) is 35.7 Å². The summed E-state index contributed by atoms with van der Waals surface area (Å²) in [6.45, 7) is 6.71. The lowest BCUT2D eigenvalue weighted by molar-refractivity contribution is 0.198. The van der Waals surface area contributed by atoms with E-state index in [9.17, 15) is 4.39 Å². The third kappa shape index (κ3) is 4.08. The van der Waals surface area contributed by atoms with Crippen LogP contribution in [0.3, 0.4) is 0 Å². The number of nitrogens with zero attached hydrogens (tertiary/aromatic N) is 1. The van der Waals surface area contributed by atoms with Crippen molar-refractivity contribution >= 4 is 0 Å².